The molecule has 0 saturated carbocycles. The molecule has 2 aromatic carbocycles. The Kier molecular flexibility index (Phi) is 3.32. The van der Waals surface area contributed by atoms with Crippen LogP contribution in [0.4, 0.5) is 5.69 Å². The van der Waals surface area contributed by atoms with Gasteiger partial charge in [0.2, 0.25) is 0 Å². The number of amides is 1. The van der Waals surface area contributed by atoms with Crippen LogP contribution in [0.25, 0.3) is 21.8 Å². The number of rotatable bonds is 3. The standard InChI is InChI=1S/C20H21N3O/c1-12-5-7-15-14(11-12)17-18-16(8-6-13(2)19(18)21-15)23(20(17)24)10-9-22(3)4/h5-8,11H,9-10H2,1-4H3. The first-order valence-corrected chi connectivity index (χ1v) is 8.27. The van der Waals surface area contributed by atoms with Crippen LogP contribution in [0.1, 0.15) is 21.5 Å². The van der Waals surface area contributed by atoms with Crippen LogP contribution in [0.15, 0.2) is 30.3 Å². The fourth-order valence-electron chi connectivity index (χ4n) is 3.49. The van der Waals surface area contributed by atoms with Crippen LogP contribution in [0.2, 0.25) is 0 Å². The highest BCUT2D eigenvalue weighted by Gasteiger charge is 2.32. The third-order valence-electron chi connectivity index (χ3n) is 4.78. The van der Waals surface area contributed by atoms with E-state index in [1.165, 1.54) is 0 Å². The average molecular weight is 319 g/mol. The first-order valence-electron chi connectivity index (χ1n) is 8.27. The van der Waals surface area contributed by atoms with Crippen molar-refractivity contribution >= 4 is 33.4 Å². The number of aromatic nitrogens is 1. The minimum Gasteiger partial charge on any atom is -0.308 e. The summed E-state index contributed by atoms with van der Waals surface area (Å²) in [5.74, 6) is 0.0976. The van der Waals surface area contributed by atoms with Gasteiger partial charge < -0.3 is 9.80 Å². The van der Waals surface area contributed by atoms with Crippen LogP contribution in [-0.4, -0.2) is 43.0 Å². The van der Waals surface area contributed by atoms with Gasteiger partial charge in [-0.15, -0.1) is 0 Å². The fourth-order valence-corrected chi connectivity index (χ4v) is 3.49. The summed E-state index contributed by atoms with van der Waals surface area (Å²) in [5, 5.41) is 1.98. The second-order valence-electron chi connectivity index (χ2n) is 6.89. The zero-order chi connectivity index (χ0) is 17.0. The SMILES string of the molecule is Cc1ccc2nc3c(C)ccc4c3c(c2c1)C(=O)N4CCN(C)C. The summed E-state index contributed by atoms with van der Waals surface area (Å²) in [6.07, 6.45) is 0. The van der Waals surface area contributed by atoms with Crippen molar-refractivity contribution in [1.29, 1.82) is 0 Å². The number of aryl methyl sites for hydroxylation is 2. The number of hydrogen-bond acceptors (Lipinski definition) is 3. The fraction of sp³-hybridized carbons (Fsp3) is 0.300. The first kappa shape index (κ1) is 15.1. The summed E-state index contributed by atoms with van der Waals surface area (Å²) in [6.45, 7) is 5.63. The molecular formula is C20H21N3O. The van der Waals surface area contributed by atoms with Crippen molar-refractivity contribution in [3.63, 3.8) is 0 Å². The maximum Gasteiger partial charge on any atom is 0.259 e. The normalized spacial score (nSPS) is 13.7. The quantitative estimate of drug-likeness (QED) is 0.693. The van der Waals surface area contributed by atoms with Crippen molar-refractivity contribution in [2.75, 3.05) is 32.1 Å². The molecular weight excluding hydrogens is 298 g/mol. The van der Waals surface area contributed by atoms with Crippen LogP contribution in [0.3, 0.4) is 0 Å². The van der Waals surface area contributed by atoms with Gasteiger partial charge in [0.1, 0.15) is 0 Å². The molecule has 0 unspecified atom stereocenters. The molecule has 4 rings (SSSR count). The molecule has 4 heteroatoms. The van der Waals surface area contributed by atoms with E-state index in [4.69, 9.17) is 4.98 Å². The van der Waals surface area contributed by atoms with Gasteiger partial charge in [-0.05, 0) is 51.7 Å². The lowest BCUT2D eigenvalue weighted by atomic mass is 10.0. The maximum atomic E-state index is 13.2. The zero-order valence-electron chi connectivity index (χ0n) is 14.6. The molecule has 1 amide bonds. The summed E-state index contributed by atoms with van der Waals surface area (Å²) >= 11 is 0. The Bertz CT molecular complexity index is 991. The number of carbonyl (C=O) groups excluding carboxylic acids is 1. The van der Waals surface area contributed by atoms with Crippen molar-refractivity contribution in [2.24, 2.45) is 0 Å². The highest BCUT2D eigenvalue weighted by molar-refractivity contribution is 6.30. The molecule has 0 atom stereocenters. The Morgan fingerprint density at radius 1 is 1.12 bits per heavy atom. The van der Waals surface area contributed by atoms with Crippen molar-refractivity contribution < 1.29 is 4.79 Å². The van der Waals surface area contributed by atoms with E-state index < -0.39 is 0 Å². The van der Waals surface area contributed by atoms with E-state index in [0.717, 1.165) is 50.7 Å². The third kappa shape index (κ3) is 2.10. The lowest BCUT2D eigenvalue weighted by molar-refractivity contribution is 0.0993. The maximum absolute atomic E-state index is 13.2. The number of benzene rings is 2. The lowest BCUT2D eigenvalue weighted by Gasteiger charge is -2.20. The van der Waals surface area contributed by atoms with Gasteiger partial charge in [-0.1, -0.05) is 17.7 Å². The smallest absolute Gasteiger partial charge is 0.259 e. The number of anilines is 1. The predicted molar refractivity (Wildman–Crippen MR) is 99.0 cm³/mol. The highest BCUT2D eigenvalue weighted by Crippen LogP contribution is 2.41. The average Bonchev–Trinajstić information content (AvgIpc) is 2.82. The molecule has 1 aromatic heterocycles. The van der Waals surface area contributed by atoms with Gasteiger partial charge in [-0.2, -0.15) is 0 Å². The molecule has 122 valence electrons. The number of pyridine rings is 1. The van der Waals surface area contributed by atoms with E-state index in [0.29, 0.717) is 6.54 Å². The van der Waals surface area contributed by atoms with Gasteiger partial charge in [0.15, 0.2) is 0 Å². The third-order valence-corrected chi connectivity index (χ3v) is 4.78. The van der Waals surface area contributed by atoms with E-state index in [2.05, 4.69) is 43.0 Å². The van der Waals surface area contributed by atoms with Crippen molar-refractivity contribution in [2.45, 2.75) is 13.8 Å². The van der Waals surface area contributed by atoms with Crippen LogP contribution >= 0.6 is 0 Å². The number of likely N-dealkylation sites (N-methyl/N-ethyl adjacent to an activating group) is 1. The molecule has 0 N–H and O–H groups in total. The van der Waals surface area contributed by atoms with E-state index >= 15 is 0 Å². The van der Waals surface area contributed by atoms with Crippen LogP contribution in [0, 0.1) is 13.8 Å². The zero-order valence-corrected chi connectivity index (χ0v) is 14.6. The molecule has 0 fully saturated rings. The molecule has 2 heterocycles. The lowest BCUT2D eigenvalue weighted by Crippen LogP contribution is -2.34. The van der Waals surface area contributed by atoms with Crippen molar-refractivity contribution in [3.8, 4) is 0 Å². The molecule has 0 spiro atoms. The van der Waals surface area contributed by atoms with Gasteiger partial charge in [0.25, 0.3) is 5.91 Å². The van der Waals surface area contributed by atoms with Crippen molar-refractivity contribution in [1.82, 2.24) is 9.88 Å². The highest BCUT2D eigenvalue weighted by atomic mass is 16.2. The molecule has 0 bridgehead atoms. The molecule has 24 heavy (non-hydrogen) atoms. The summed E-state index contributed by atoms with van der Waals surface area (Å²) in [4.78, 5) is 22.1. The molecule has 0 radical (unpaired) electrons. The molecule has 1 aliphatic rings. The van der Waals surface area contributed by atoms with Gasteiger partial charge in [-0.3, -0.25) is 4.79 Å². The molecule has 0 saturated heterocycles. The molecule has 0 aliphatic carbocycles. The molecule has 1 aliphatic heterocycles. The van der Waals surface area contributed by atoms with E-state index in [1.54, 1.807) is 0 Å². The number of nitrogens with zero attached hydrogens (tertiary/aromatic N) is 3. The van der Waals surface area contributed by atoms with Crippen LogP contribution < -0.4 is 4.90 Å². The summed E-state index contributed by atoms with van der Waals surface area (Å²) in [7, 11) is 4.05. The number of fused-ring (bicyclic) bond motifs is 2. The monoisotopic (exact) mass is 319 g/mol. The van der Waals surface area contributed by atoms with Gasteiger partial charge in [-0.25, -0.2) is 4.98 Å². The summed E-state index contributed by atoms with van der Waals surface area (Å²) < 4.78 is 0. The summed E-state index contributed by atoms with van der Waals surface area (Å²) in [5.41, 5.74) is 5.91. The Hall–Kier alpha value is -2.46. The number of carbonyl (C=O) groups is 1. The minimum absolute atomic E-state index is 0.0976. The van der Waals surface area contributed by atoms with Crippen LogP contribution in [-0.2, 0) is 0 Å². The van der Waals surface area contributed by atoms with E-state index in [1.807, 2.05) is 25.1 Å². The Balaban J connectivity index is 2.03. The van der Waals surface area contributed by atoms with E-state index in [-0.39, 0.29) is 5.91 Å². The minimum atomic E-state index is 0.0976. The van der Waals surface area contributed by atoms with Gasteiger partial charge in [0, 0.05) is 23.9 Å². The van der Waals surface area contributed by atoms with Crippen LogP contribution in [0.5, 0.6) is 0 Å². The predicted octanol–water partition coefficient (Wildman–Crippen LogP) is 3.53. The second kappa shape index (κ2) is 5.28. The summed E-state index contributed by atoms with van der Waals surface area (Å²) in [6, 6.07) is 10.3. The molecule has 4 nitrogen and oxygen atoms in total. The Morgan fingerprint density at radius 2 is 1.92 bits per heavy atom. The largest absolute Gasteiger partial charge is 0.308 e. The van der Waals surface area contributed by atoms with E-state index in [9.17, 15) is 4.79 Å². The number of hydrogen-bond donors (Lipinski definition) is 0. The topological polar surface area (TPSA) is 36.4 Å². The first-order chi connectivity index (χ1) is 11.5. The Morgan fingerprint density at radius 3 is 2.67 bits per heavy atom. The molecule has 3 aromatic rings. The second-order valence-corrected chi connectivity index (χ2v) is 6.89. The van der Waals surface area contributed by atoms with Gasteiger partial charge in [0.05, 0.1) is 22.3 Å². The Labute approximate surface area is 141 Å². The van der Waals surface area contributed by atoms with Crippen molar-refractivity contribution in [3.05, 3.63) is 47.0 Å². The van der Waals surface area contributed by atoms with Gasteiger partial charge >= 0.3 is 0 Å².